The number of hydrogen-bond acceptors (Lipinski definition) is 7. The van der Waals surface area contributed by atoms with Crippen LogP contribution in [0.25, 0.3) is 10.9 Å². The van der Waals surface area contributed by atoms with Crippen LogP contribution in [0.4, 0.5) is 4.39 Å². The van der Waals surface area contributed by atoms with E-state index in [0.29, 0.717) is 47.7 Å². The first-order chi connectivity index (χ1) is 14.6. The Balaban J connectivity index is 1.71. The first-order valence-corrected chi connectivity index (χ1v) is 9.28. The number of para-hydroxylation sites is 1. The number of carbonyl (C=O) groups excluding carboxylic acids is 1. The van der Waals surface area contributed by atoms with Crippen molar-refractivity contribution in [3.63, 3.8) is 0 Å². The van der Waals surface area contributed by atoms with Crippen molar-refractivity contribution in [2.45, 2.75) is 6.42 Å². The molecule has 3 rings (SSSR count). The van der Waals surface area contributed by atoms with Crippen LogP contribution in [-0.2, 0) is 4.79 Å². The van der Waals surface area contributed by atoms with Crippen LogP contribution >= 0.6 is 0 Å². The summed E-state index contributed by atoms with van der Waals surface area (Å²) >= 11 is 0. The predicted octanol–water partition coefficient (Wildman–Crippen LogP) is 3.04. The molecule has 0 atom stereocenters. The number of hydrogen-bond donors (Lipinski definition) is 3. The zero-order valence-corrected chi connectivity index (χ0v) is 16.4. The van der Waals surface area contributed by atoms with Crippen LogP contribution in [0.3, 0.4) is 0 Å². The summed E-state index contributed by atoms with van der Waals surface area (Å²) in [5, 5.41) is 12.0. The third-order valence-corrected chi connectivity index (χ3v) is 4.21. The fraction of sp³-hybridized carbons (Fsp3) is 0.238. The molecule has 0 unspecified atom stereocenters. The van der Waals surface area contributed by atoms with E-state index < -0.39 is 11.7 Å². The molecular formula is C21H22FN3O5. The molecule has 2 aromatic carbocycles. The largest absolute Gasteiger partial charge is 0.493 e. The van der Waals surface area contributed by atoms with Gasteiger partial charge < -0.3 is 19.5 Å². The highest BCUT2D eigenvalue weighted by molar-refractivity contribution is 5.88. The highest BCUT2D eigenvalue weighted by atomic mass is 19.1. The fourth-order valence-electron chi connectivity index (χ4n) is 2.76. The number of ether oxygens (including phenoxy) is 3. The quantitative estimate of drug-likeness (QED) is 0.266. The van der Waals surface area contributed by atoms with Crippen LogP contribution in [0, 0.1) is 5.82 Å². The summed E-state index contributed by atoms with van der Waals surface area (Å²) in [6.45, 7) is 0.924. The van der Waals surface area contributed by atoms with Crippen LogP contribution in [0.1, 0.15) is 6.42 Å². The summed E-state index contributed by atoms with van der Waals surface area (Å²) in [6.07, 6.45) is 2.20. The smallest absolute Gasteiger partial charge is 0.257 e. The van der Waals surface area contributed by atoms with E-state index >= 15 is 0 Å². The van der Waals surface area contributed by atoms with Crippen molar-refractivity contribution in [3.05, 3.63) is 54.5 Å². The Bertz CT molecular complexity index is 1020. The van der Waals surface area contributed by atoms with E-state index in [-0.39, 0.29) is 12.3 Å². The number of pyridine rings is 1. The number of fused-ring (bicyclic) bond motifs is 1. The third kappa shape index (κ3) is 5.34. The molecule has 1 aromatic heterocycles. The molecule has 1 amide bonds. The normalized spacial score (nSPS) is 10.6. The second-order valence-corrected chi connectivity index (χ2v) is 6.28. The van der Waals surface area contributed by atoms with Crippen LogP contribution in [-0.4, -0.2) is 42.9 Å². The van der Waals surface area contributed by atoms with Crippen molar-refractivity contribution in [1.29, 1.82) is 0 Å². The number of aromatic nitrogens is 1. The minimum atomic E-state index is -0.508. The lowest BCUT2D eigenvalue weighted by atomic mass is 10.1. The lowest BCUT2D eigenvalue weighted by Crippen LogP contribution is -2.32. The van der Waals surface area contributed by atoms with Gasteiger partial charge in [0, 0.05) is 17.6 Å². The Kier molecular flexibility index (Phi) is 7.36. The molecule has 0 aliphatic carbocycles. The Morgan fingerprint density at radius 3 is 2.73 bits per heavy atom. The standard InChI is InChI=1S/C21H22FN3O5/c1-28-19-11-14-16(12-20(19)29-10-4-8-23-13-21(26)25-27)24-9-7-17(14)30-18-6-3-2-5-15(18)22/h2-3,5-7,9,11-12,23,27H,4,8,10,13H2,1H3,(H,25,26). The molecule has 0 aliphatic rings. The SMILES string of the molecule is COc1cc2c(Oc3ccccc3F)ccnc2cc1OCCCNCC(=O)NO. The van der Waals surface area contributed by atoms with Crippen molar-refractivity contribution < 1.29 is 28.6 Å². The molecule has 158 valence electrons. The van der Waals surface area contributed by atoms with Crippen LogP contribution in [0.2, 0.25) is 0 Å². The minimum absolute atomic E-state index is 0.0184. The Labute approximate surface area is 172 Å². The van der Waals surface area contributed by atoms with E-state index in [9.17, 15) is 9.18 Å². The topological polar surface area (TPSA) is 102 Å². The second kappa shape index (κ2) is 10.4. The average Bonchev–Trinajstić information content (AvgIpc) is 2.77. The fourth-order valence-corrected chi connectivity index (χ4v) is 2.76. The number of halogens is 1. The highest BCUT2D eigenvalue weighted by Crippen LogP contribution is 2.37. The minimum Gasteiger partial charge on any atom is -0.493 e. The summed E-state index contributed by atoms with van der Waals surface area (Å²) in [6, 6.07) is 11.3. The summed E-state index contributed by atoms with van der Waals surface area (Å²) < 4.78 is 30.9. The number of hydroxylamine groups is 1. The summed E-state index contributed by atoms with van der Waals surface area (Å²) in [7, 11) is 1.52. The molecule has 0 saturated heterocycles. The number of nitrogens with zero attached hydrogens (tertiary/aromatic N) is 1. The van der Waals surface area contributed by atoms with E-state index in [1.165, 1.54) is 13.2 Å². The predicted molar refractivity (Wildman–Crippen MR) is 108 cm³/mol. The third-order valence-electron chi connectivity index (χ3n) is 4.21. The van der Waals surface area contributed by atoms with Gasteiger partial charge in [0.05, 0.1) is 25.8 Å². The van der Waals surface area contributed by atoms with E-state index in [2.05, 4.69) is 10.3 Å². The molecule has 30 heavy (non-hydrogen) atoms. The first kappa shape index (κ1) is 21.3. The Hall–Kier alpha value is -3.43. The lowest BCUT2D eigenvalue weighted by Gasteiger charge is -2.14. The number of rotatable bonds is 10. The highest BCUT2D eigenvalue weighted by Gasteiger charge is 2.13. The monoisotopic (exact) mass is 415 g/mol. The molecule has 0 bridgehead atoms. The molecule has 3 aromatic rings. The van der Waals surface area contributed by atoms with E-state index in [0.717, 1.165) is 0 Å². The summed E-state index contributed by atoms with van der Waals surface area (Å²) in [5.41, 5.74) is 2.16. The van der Waals surface area contributed by atoms with Gasteiger partial charge in [-0.05, 0) is 37.2 Å². The lowest BCUT2D eigenvalue weighted by molar-refractivity contribution is -0.128. The number of nitrogens with one attached hydrogen (secondary N) is 2. The number of methoxy groups -OCH3 is 1. The molecule has 3 N–H and O–H groups in total. The molecule has 0 spiro atoms. The van der Waals surface area contributed by atoms with Crippen LogP contribution < -0.4 is 25.0 Å². The van der Waals surface area contributed by atoms with Crippen LogP contribution in [0.15, 0.2) is 48.7 Å². The van der Waals surface area contributed by atoms with Gasteiger partial charge >= 0.3 is 0 Å². The van der Waals surface area contributed by atoms with Crippen LogP contribution in [0.5, 0.6) is 23.0 Å². The van der Waals surface area contributed by atoms with Gasteiger partial charge in [-0.3, -0.25) is 15.0 Å². The van der Waals surface area contributed by atoms with Crippen molar-refractivity contribution in [1.82, 2.24) is 15.8 Å². The van der Waals surface area contributed by atoms with Gasteiger partial charge in [0.1, 0.15) is 5.75 Å². The maximum absolute atomic E-state index is 14.0. The van der Waals surface area contributed by atoms with Gasteiger partial charge in [0.2, 0.25) is 0 Å². The zero-order chi connectivity index (χ0) is 21.3. The average molecular weight is 415 g/mol. The maximum atomic E-state index is 14.0. The molecule has 0 aliphatic heterocycles. The molecule has 8 nitrogen and oxygen atoms in total. The molecular weight excluding hydrogens is 393 g/mol. The van der Waals surface area contributed by atoms with Gasteiger partial charge in [0.15, 0.2) is 23.1 Å². The summed E-state index contributed by atoms with van der Waals surface area (Å²) in [4.78, 5) is 15.3. The van der Waals surface area contributed by atoms with Crippen molar-refractivity contribution in [2.24, 2.45) is 0 Å². The molecule has 0 radical (unpaired) electrons. The number of amides is 1. The molecule has 9 heteroatoms. The van der Waals surface area contributed by atoms with E-state index in [1.807, 2.05) is 0 Å². The van der Waals surface area contributed by atoms with Gasteiger partial charge in [-0.15, -0.1) is 0 Å². The van der Waals surface area contributed by atoms with Crippen molar-refractivity contribution in [3.8, 4) is 23.0 Å². The molecule has 1 heterocycles. The number of benzene rings is 2. The van der Waals surface area contributed by atoms with Gasteiger partial charge in [0.25, 0.3) is 5.91 Å². The van der Waals surface area contributed by atoms with Crippen molar-refractivity contribution >= 4 is 16.8 Å². The van der Waals surface area contributed by atoms with E-state index in [1.54, 1.807) is 48.1 Å². The van der Waals surface area contributed by atoms with E-state index in [4.69, 9.17) is 19.4 Å². The maximum Gasteiger partial charge on any atom is 0.257 e. The Morgan fingerprint density at radius 2 is 1.97 bits per heavy atom. The summed E-state index contributed by atoms with van der Waals surface area (Å²) in [5.74, 6) is 0.592. The number of carbonyl (C=O) groups is 1. The van der Waals surface area contributed by atoms with Crippen molar-refractivity contribution in [2.75, 3.05) is 26.8 Å². The zero-order valence-electron chi connectivity index (χ0n) is 16.4. The van der Waals surface area contributed by atoms with Gasteiger partial charge in [-0.1, -0.05) is 12.1 Å². The van der Waals surface area contributed by atoms with Gasteiger partial charge in [-0.25, -0.2) is 9.87 Å². The molecule has 0 fully saturated rings. The molecule has 0 saturated carbocycles. The first-order valence-electron chi connectivity index (χ1n) is 9.28. The Morgan fingerprint density at radius 1 is 1.13 bits per heavy atom. The second-order valence-electron chi connectivity index (χ2n) is 6.28. The van der Waals surface area contributed by atoms with Gasteiger partial charge in [-0.2, -0.15) is 0 Å².